The molecule has 24 heavy (non-hydrogen) atoms. The first kappa shape index (κ1) is 16.0. The number of ether oxygens (including phenoxy) is 4. The first-order valence-corrected chi connectivity index (χ1v) is 7.60. The molecule has 0 radical (unpaired) electrons. The van der Waals surface area contributed by atoms with Crippen LogP contribution in [-0.2, 0) is 0 Å². The number of methoxy groups -OCH3 is 2. The van der Waals surface area contributed by atoms with Crippen LogP contribution in [0.4, 0.5) is 0 Å². The molecule has 0 aromatic heterocycles. The first-order chi connectivity index (χ1) is 11.7. The van der Waals surface area contributed by atoms with E-state index in [1.807, 2.05) is 24.3 Å². The Kier molecular flexibility index (Phi) is 4.74. The highest BCUT2D eigenvalue weighted by Crippen LogP contribution is 2.30. The van der Waals surface area contributed by atoms with Gasteiger partial charge in [-0.1, -0.05) is 12.1 Å². The summed E-state index contributed by atoms with van der Waals surface area (Å²) in [4.78, 5) is 12.4. The number of rotatable bonds is 5. The third kappa shape index (κ3) is 3.37. The molecule has 2 aromatic carbocycles. The van der Waals surface area contributed by atoms with Gasteiger partial charge in [0.05, 0.1) is 26.3 Å². The van der Waals surface area contributed by atoms with Crippen molar-refractivity contribution in [2.75, 3.05) is 27.4 Å². The number of amides is 1. The number of hydrogen-bond acceptors (Lipinski definition) is 5. The average Bonchev–Trinajstić information content (AvgIpc) is 2.65. The van der Waals surface area contributed by atoms with Crippen molar-refractivity contribution in [1.29, 1.82) is 0 Å². The number of para-hydroxylation sites is 2. The minimum atomic E-state index is -0.243. The summed E-state index contributed by atoms with van der Waals surface area (Å²) in [5.41, 5.74) is 0.440. The molecule has 0 unspecified atom stereocenters. The van der Waals surface area contributed by atoms with Crippen LogP contribution in [0, 0.1) is 0 Å². The van der Waals surface area contributed by atoms with E-state index in [-0.39, 0.29) is 12.0 Å². The van der Waals surface area contributed by atoms with Crippen molar-refractivity contribution < 1.29 is 23.7 Å². The monoisotopic (exact) mass is 329 g/mol. The fourth-order valence-corrected chi connectivity index (χ4v) is 2.45. The zero-order chi connectivity index (χ0) is 16.9. The first-order valence-electron chi connectivity index (χ1n) is 7.60. The maximum atomic E-state index is 12.4. The highest BCUT2D eigenvalue weighted by Gasteiger charge is 2.22. The second kappa shape index (κ2) is 7.12. The van der Waals surface area contributed by atoms with E-state index in [4.69, 9.17) is 18.9 Å². The number of benzene rings is 2. The van der Waals surface area contributed by atoms with E-state index in [0.717, 1.165) is 5.75 Å². The summed E-state index contributed by atoms with van der Waals surface area (Å²) in [6.07, 6.45) is -0.243. The SMILES string of the molecule is COc1ccc(C(=O)NC[C@H]2COc3ccccc3O2)c(OC)c1. The number of carbonyl (C=O) groups is 1. The summed E-state index contributed by atoms with van der Waals surface area (Å²) in [5.74, 6) is 2.25. The molecule has 0 bridgehead atoms. The van der Waals surface area contributed by atoms with Crippen molar-refractivity contribution in [3.05, 3.63) is 48.0 Å². The van der Waals surface area contributed by atoms with Crippen LogP contribution in [0.25, 0.3) is 0 Å². The largest absolute Gasteiger partial charge is 0.497 e. The van der Waals surface area contributed by atoms with E-state index in [1.54, 1.807) is 25.3 Å². The molecule has 1 aliphatic heterocycles. The predicted octanol–water partition coefficient (Wildman–Crippen LogP) is 2.27. The molecule has 0 aliphatic carbocycles. The lowest BCUT2D eigenvalue weighted by atomic mass is 10.1. The number of fused-ring (bicyclic) bond motifs is 1. The smallest absolute Gasteiger partial charge is 0.255 e. The van der Waals surface area contributed by atoms with Gasteiger partial charge in [0.15, 0.2) is 11.5 Å². The molecule has 2 aromatic rings. The van der Waals surface area contributed by atoms with E-state index in [0.29, 0.717) is 36.0 Å². The predicted molar refractivity (Wildman–Crippen MR) is 88.2 cm³/mol. The lowest BCUT2D eigenvalue weighted by Crippen LogP contribution is -2.40. The van der Waals surface area contributed by atoms with Crippen molar-refractivity contribution >= 4 is 5.91 Å². The molecule has 0 saturated heterocycles. The van der Waals surface area contributed by atoms with Gasteiger partial charge in [-0.25, -0.2) is 0 Å². The highest BCUT2D eigenvalue weighted by atomic mass is 16.6. The summed E-state index contributed by atoms with van der Waals surface area (Å²) in [6.45, 7) is 0.722. The fourth-order valence-electron chi connectivity index (χ4n) is 2.45. The van der Waals surface area contributed by atoms with Crippen LogP contribution < -0.4 is 24.3 Å². The van der Waals surface area contributed by atoms with Gasteiger partial charge < -0.3 is 24.3 Å². The topological polar surface area (TPSA) is 66.0 Å². The minimum absolute atomic E-state index is 0.239. The second-order valence-corrected chi connectivity index (χ2v) is 5.27. The summed E-state index contributed by atoms with van der Waals surface area (Å²) in [7, 11) is 3.08. The van der Waals surface area contributed by atoms with Crippen LogP contribution in [0.2, 0.25) is 0 Å². The third-order valence-electron chi connectivity index (χ3n) is 3.71. The molecular formula is C18H19NO5. The standard InChI is InChI=1S/C18H19NO5/c1-21-12-7-8-14(17(9-12)22-2)18(20)19-10-13-11-23-15-5-3-4-6-16(15)24-13/h3-9,13H,10-11H2,1-2H3,(H,19,20)/t13-/m0/s1. The molecule has 126 valence electrons. The van der Waals surface area contributed by atoms with Crippen LogP contribution in [-0.4, -0.2) is 39.4 Å². The molecule has 3 rings (SSSR count). The van der Waals surface area contributed by atoms with Crippen molar-refractivity contribution in [3.8, 4) is 23.0 Å². The fraction of sp³-hybridized carbons (Fsp3) is 0.278. The Hall–Kier alpha value is -2.89. The van der Waals surface area contributed by atoms with Gasteiger partial charge in [-0.2, -0.15) is 0 Å². The molecule has 6 heteroatoms. The minimum Gasteiger partial charge on any atom is -0.497 e. The summed E-state index contributed by atoms with van der Waals surface area (Å²) in [6, 6.07) is 12.5. The Bertz CT molecular complexity index is 731. The maximum absolute atomic E-state index is 12.4. The third-order valence-corrected chi connectivity index (χ3v) is 3.71. The van der Waals surface area contributed by atoms with Crippen LogP contribution >= 0.6 is 0 Å². The molecular weight excluding hydrogens is 310 g/mol. The van der Waals surface area contributed by atoms with E-state index < -0.39 is 0 Å². The molecule has 1 amide bonds. The Morgan fingerprint density at radius 2 is 1.96 bits per heavy atom. The van der Waals surface area contributed by atoms with Gasteiger partial charge in [-0.3, -0.25) is 4.79 Å². The van der Waals surface area contributed by atoms with E-state index in [2.05, 4.69) is 5.32 Å². The van der Waals surface area contributed by atoms with E-state index in [1.165, 1.54) is 7.11 Å². The molecule has 1 aliphatic rings. The van der Waals surface area contributed by atoms with Crippen LogP contribution in [0.5, 0.6) is 23.0 Å². The van der Waals surface area contributed by atoms with Gasteiger partial charge in [0.25, 0.3) is 5.91 Å². The Balaban J connectivity index is 1.62. The van der Waals surface area contributed by atoms with Crippen molar-refractivity contribution in [2.45, 2.75) is 6.10 Å². The zero-order valence-corrected chi connectivity index (χ0v) is 13.6. The molecule has 0 fully saturated rings. The molecule has 0 saturated carbocycles. The van der Waals surface area contributed by atoms with Gasteiger partial charge in [0.1, 0.15) is 24.2 Å². The molecule has 1 heterocycles. The van der Waals surface area contributed by atoms with Gasteiger partial charge in [-0.05, 0) is 24.3 Å². The summed E-state index contributed by atoms with van der Waals surface area (Å²) in [5, 5.41) is 2.85. The van der Waals surface area contributed by atoms with Crippen molar-refractivity contribution in [2.24, 2.45) is 0 Å². The van der Waals surface area contributed by atoms with Crippen LogP contribution in [0.3, 0.4) is 0 Å². The summed E-state index contributed by atoms with van der Waals surface area (Å²) >= 11 is 0. The zero-order valence-electron chi connectivity index (χ0n) is 13.6. The van der Waals surface area contributed by atoms with E-state index in [9.17, 15) is 4.79 Å². The number of hydrogen-bond donors (Lipinski definition) is 1. The van der Waals surface area contributed by atoms with Crippen molar-refractivity contribution in [1.82, 2.24) is 5.32 Å². The Labute approximate surface area is 140 Å². The number of carbonyl (C=O) groups excluding carboxylic acids is 1. The lowest BCUT2D eigenvalue weighted by molar-refractivity contribution is 0.0787. The number of nitrogens with one attached hydrogen (secondary N) is 1. The van der Waals surface area contributed by atoms with Gasteiger partial charge >= 0.3 is 0 Å². The van der Waals surface area contributed by atoms with Gasteiger partial charge in [0, 0.05) is 6.07 Å². The second-order valence-electron chi connectivity index (χ2n) is 5.27. The lowest BCUT2D eigenvalue weighted by Gasteiger charge is -2.26. The average molecular weight is 329 g/mol. The van der Waals surface area contributed by atoms with Crippen LogP contribution in [0.15, 0.2) is 42.5 Å². The van der Waals surface area contributed by atoms with Gasteiger partial charge in [-0.15, -0.1) is 0 Å². The molecule has 6 nitrogen and oxygen atoms in total. The summed E-state index contributed by atoms with van der Waals surface area (Å²) < 4.78 is 21.8. The molecule has 1 atom stereocenters. The molecule has 0 spiro atoms. The Morgan fingerprint density at radius 3 is 2.71 bits per heavy atom. The molecule has 1 N–H and O–H groups in total. The van der Waals surface area contributed by atoms with Crippen LogP contribution in [0.1, 0.15) is 10.4 Å². The highest BCUT2D eigenvalue weighted by molar-refractivity contribution is 5.97. The normalized spacial score (nSPS) is 15.5. The van der Waals surface area contributed by atoms with Gasteiger partial charge in [0.2, 0.25) is 0 Å². The maximum Gasteiger partial charge on any atom is 0.255 e. The quantitative estimate of drug-likeness (QED) is 0.911. The van der Waals surface area contributed by atoms with Crippen molar-refractivity contribution in [3.63, 3.8) is 0 Å². The Morgan fingerprint density at radius 1 is 1.17 bits per heavy atom. The van der Waals surface area contributed by atoms with E-state index >= 15 is 0 Å².